The zero-order chi connectivity index (χ0) is 18.4. The van der Waals surface area contributed by atoms with Gasteiger partial charge in [0.1, 0.15) is 0 Å². The summed E-state index contributed by atoms with van der Waals surface area (Å²) < 4.78 is 3.38. The van der Waals surface area contributed by atoms with E-state index in [4.69, 9.17) is 11.6 Å². The summed E-state index contributed by atoms with van der Waals surface area (Å²) in [6, 6.07) is 9.46. The van der Waals surface area contributed by atoms with Crippen LogP contribution in [0.1, 0.15) is 26.3 Å². The van der Waals surface area contributed by atoms with Crippen molar-refractivity contribution in [2.45, 2.75) is 34.2 Å². The van der Waals surface area contributed by atoms with E-state index in [1.165, 1.54) is 0 Å². The number of aryl methyl sites for hydroxylation is 2. The van der Waals surface area contributed by atoms with Crippen molar-refractivity contribution < 1.29 is 0 Å². The van der Waals surface area contributed by atoms with Gasteiger partial charge in [0.25, 0.3) is 0 Å². The molecule has 0 spiro atoms. The summed E-state index contributed by atoms with van der Waals surface area (Å²) in [5, 5.41) is 0. The average Bonchev–Trinajstić information content (AvgIpc) is 2.78. The zero-order valence-electron chi connectivity index (χ0n) is 15.3. The third-order valence-electron chi connectivity index (χ3n) is 4.24. The van der Waals surface area contributed by atoms with Gasteiger partial charge in [-0.05, 0) is 41.7 Å². The van der Waals surface area contributed by atoms with Gasteiger partial charge >= 0.3 is 5.69 Å². The third-order valence-corrected chi connectivity index (χ3v) is 4.24. The Hall–Kier alpha value is -2.87. The van der Waals surface area contributed by atoms with Gasteiger partial charge in [-0.1, -0.05) is 32.9 Å². The van der Waals surface area contributed by atoms with Gasteiger partial charge < -0.3 is 0 Å². The highest BCUT2D eigenvalue weighted by molar-refractivity contribution is 5.78. The third kappa shape index (κ3) is 3.08. The Bertz CT molecular complexity index is 1060. The lowest BCUT2D eigenvalue weighted by Gasteiger charge is -2.18. The molecule has 0 aliphatic carbocycles. The molecular formula is C20H22N4O. The molecule has 2 heterocycles. The molecule has 3 aromatic rings. The summed E-state index contributed by atoms with van der Waals surface area (Å²) in [7, 11) is 1.75. The SMILES string of the molecule is [C-]#[N+]c1ccc(C)c(-c2ccc3c(n2)n(C)c(=O)n3CC(C)(C)C)c1. The van der Waals surface area contributed by atoms with Crippen molar-refractivity contribution >= 4 is 16.9 Å². The van der Waals surface area contributed by atoms with E-state index >= 15 is 0 Å². The van der Waals surface area contributed by atoms with E-state index in [1.807, 2.05) is 31.2 Å². The Kier molecular flexibility index (Phi) is 4.00. The van der Waals surface area contributed by atoms with Crippen LogP contribution in [0.3, 0.4) is 0 Å². The molecule has 0 saturated carbocycles. The maximum Gasteiger partial charge on any atom is 0.330 e. The van der Waals surface area contributed by atoms with Crippen molar-refractivity contribution in [3.63, 3.8) is 0 Å². The van der Waals surface area contributed by atoms with Crippen molar-refractivity contribution in [2.24, 2.45) is 12.5 Å². The number of hydrogen-bond acceptors (Lipinski definition) is 2. The fourth-order valence-corrected chi connectivity index (χ4v) is 3.01. The van der Waals surface area contributed by atoms with Crippen LogP contribution in [0.4, 0.5) is 5.69 Å². The Morgan fingerprint density at radius 1 is 1.20 bits per heavy atom. The summed E-state index contributed by atoms with van der Waals surface area (Å²) in [6.07, 6.45) is 0. The molecule has 0 aliphatic rings. The van der Waals surface area contributed by atoms with Gasteiger partial charge in [0.2, 0.25) is 0 Å². The second kappa shape index (κ2) is 5.89. The van der Waals surface area contributed by atoms with E-state index in [-0.39, 0.29) is 11.1 Å². The Morgan fingerprint density at radius 3 is 2.56 bits per heavy atom. The van der Waals surface area contributed by atoms with Crippen LogP contribution < -0.4 is 5.69 Å². The Labute approximate surface area is 147 Å². The van der Waals surface area contributed by atoms with Gasteiger partial charge in [-0.25, -0.2) is 14.6 Å². The largest absolute Gasteiger partial charge is 0.330 e. The zero-order valence-corrected chi connectivity index (χ0v) is 15.3. The lowest BCUT2D eigenvalue weighted by Crippen LogP contribution is -2.27. The van der Waals surface area contributed by atoms with Gasteiger partial charge in [-0.3, -0.25) is 9.13 Å². The van der Waals surface area contributed by atoms with E-state index in [0.717, 1.165) is 22.3 Å². The number of benzene rings is 1. The molecule has 0 atom stereocenters. The molecule has 5 nitrogen and oxygen atoms in total. The van der Waals surface area contributed by atoms with Crippen molar-refractivity contribution in [2.75, 3.05) is 0 Å². The molecule has 2 aromatic heterocycles. The molecule has 0 aliphatic heterocycles. The summed E-state index contributed by atoms with van der Waals surface area (Å²) in [5.41, 5.74) is 4.79. The Balaban J connectivity index is 2.22. The molecule has 0 radical (unpaired) electrons. The summed E-state index contributed by atoms with van der Waals surface area (Å²) >= 11 is 0. The van der Waals surface area contributed by atoms with E-state index in [1.54, 1.807) is 22.2 Å². The van der Waals surface area contributed by atoms with Crippen LogP contribution in [-0.2, 0) is 13.6 Å². The second-order valence-corrected chi connectivity index (χ2v) is 7.64. The quantitative estimate of drug-likeness (QED) is 0.656. The van der Waals surface area contributed by atoms with Gasteiger partial charge in [-0.15, -0.1) is 0 Å². The predicted molar refractivity (Wildman–Crippen MR) is 101 cm³/mol. The van der Waals surface area contributed by atoms with Gasteiger partial charge in [0.15, 0.2) is 11.3 Å². The van der Waals surface area contributed by atoms with Crippen LogP contribution >= 0.6 is 0 Å². The van der Waals surface area contributed by atoms with E-state index in [9.17, 15) is 4.79 Å². The molecule has 0 unspecified atom stereocenters. The summed E-state index contributed by atoms with van der Waals surface area (Å²) in [4.78, 5) is 20.9. The molecular weight excluding hydrogens is 312 g/mol. The topological polar surface area (TPSA) is 44.2 Å². The van der Waals surface area contributed by atoms with Crippen LogP contribution in [0.5, 0.6) is 0 Å². The molecule has 0 fully saturated rings. The first-order chi connectivity index (χ1) is 11.7. The lowest BCUT2D eigenvalue weighted by molar-refractivity contribution is 0.342. The van der Waals surface area contributed by atoms with Crippen LogP contribution in [0.25, 0.3) is 27.3 Å². The minimum Gasteiger partial charge on any atom is -0.290 e. The Morgan fingerprint density at radius 2 is 1.92 bits per heavy atom. The van der Waals surface area contributed by atoms with Crippen LogP contribution in [-0.4, -0.2) is 14.1 Å². The first-order valence-electron chi connectivity index (χ1n) is 8.26. The number of nitrogens with zero attached hydrogens (tertiary/aromatic N) is 4. The first-order valence-corrected chi connectivity index (χ1v) is 8.26. The van der Waals surface area contributed by atoms with Crippen LogP contribution in [0, 0.1) is 18.9 Å². The minimum absolute atomic E-state index is 0.00265. The lowest BCUT2D eigenvalue weighted by atomic mass is 9.97. The maximum atomic E-state index is 12.6. The molecule has 25 heavy (non-hydrogen) atoms. The first kappa shape index (κ1) is 17.0. The highest BCUT2D eigenvalue weighted by Crippen LogP contribution is 2.28. The molecule has 0 N–H and O–H groups in total. The van der Waals surface area contributed by atoms with E-state index in [0.29, 0.717) is 17.9 Å². The van der Waals surface area contributed by atoms with Crippen molar-refractivity contribution in [1.82, 2.24) is 14.1 Å². The van der Waals surface area contributed by atoms with Crippen LogP contribution in [0.15, 0.2) is 35.1 Å². The minimum atomic E-state index is -0.0544. The van der Waals surface area contributed by atoms with Crippen LogP contribution in [0.2, 0.25) is 0 Å². The fourth-order valence-electron chi connectivity index (χ4n) is 3.01. The highest BCUT2D eigenvalue weighted by atomic mass is 16.1. The normalized spacial score (nSPS) is 11.7. The molecule has 128 valence electrons. The monoisotopic (exact) mass is 334 g/mol. The molecule has 0 saturated heterocycles. The predicted octanol–water partition coefficient (Wildman–Crippen LogP) is 4.31. The number of rotatable bonds is 2. The standard InChI is InChI=1S/C20H22N4O/c1-13-7-8-14(21-5)11-15(13)16-9-10-17-18(22-16)23(6)19(25)24(17)12-20(2,3)4/h7-11H,12H2,1-4,6H3. The molecule has 0 amide bonds. The van der Waals surface area contributed by atoms with E-state index < -0.39 is 0 Å². The second-order valence-electron chi connectivity index (χ2n) is 7.64. The van der Waals surface area contributed by atoms with Gasteiger partial charge in [0.05, 0.1) is 17.8 Å². The smallest absolute Gasteiger partial charge is 0.290 e. The number of hydrogen-bond donors (Lipinski definition) is 0. The summed E-state index contributed by atoms with van der Waals surface area (Å²) in [6.45, 7) is 16.2. The molecule has 0 bridgehead atoms. The van der Waals surface area contributed by atoms with Gasteiger partial charge in [-0.2, -0.15) is 0 Å². The highest BCUT2D eigenvalue weighted by Gasteiger charge is 2.19. The molecule has 5 heteroatoms. The maximum absolute atomic E-state index is 12.6. The fraction of sp³-hybridized carbons (Fsp3) is 0.350. The van der Waals surface area contributed by atoms with Gasteiger partial charge in [0, 0.05) is 13.6 Å². The number of fused-ring (bicyclic) bond motifs is 1. The van der Waals surface area contributed by atoms with Crippen molar-refractivity contribution in [1.29, 1.82) is 0 Å². The van der Waals surface area contributed by atoms with E-state index in [2.05, 4.69) is 25.6 Å². The molecule has 1 aromatic carbocycles. The number of imidazole rings is 1. The molecule has 3 rings (SSSR count). The van der Waals surface area contributed by atoms with Crippen molar-refractivity contribution in [3.8, 4) is 11.3 Å². The average molecular weight is 334 g/mol. The van der Waals surface area contributed by atoms with Crippen molar-refractivity contribution in [3.05, 3.63) is 57.8 Å². The number of aromatic nitrogens is 3. The summed E-state index contributed by atoms with van der Waals surface area (Å²) in [5.74, 6) is 0. The number of pyridine rings is 1.